The Bertz CT molecular complexity index is 4110. The molecule has 69 heavy (non-hydrogen) atoms. The van der Waals surface area contributed by atoms with Gasteiger partial charge in [0, 0.05) is 87.6 Å². The summed E-state index contributed by atoms with van der Waals surface area (Å²) in [6, 6.07) is 90.2. The van der Waals surface area contributed by atoms with E-state index in [4.69, 9.17) is 4.42 Å². The molecule has 324 valence electrons. The minimum Gasteiger partial charge on any atom is -0.456 e. The van der Waals surface area contributed by atoms with Crippen LogP contribution in [0.2, 0.25) is 0 Å². The molecule has 0 atom stereocenters. The number of aromatic nitrogens is 1. The Morgan fingerprint density at radius 2 is 0.855 bits per heavy atom. The maximum atomic E-state index is 6.60. The molecule has 0 radical (unpaired) electrons. The molecule has 14 rings (SSSR count). The summed E-state index contributed by atoms with van der Waals surface area (Å²) in [6.45, 7) is 0. The fourth-order valence-electron chi connectivity index (χ4n) is 10.5. The number of fused-ring (bicyclic) bond motifs is 10. The topological polar surface area (TPSA) is 24.6 Å². The second-order valence-electron chi connectivity index (χ2n) is 17.8. The predicted octanol–water partition coefficient (Wildman–Crippen LogP) is 18.8. The van der Waals surface area contributed by atoms with Gasteiger partial charge in [-0.15, -0.1) is 11.3 Å². The first-order valence-corrected chi connectivity index (χ1v) is 24.2. The lowest BCUT2D eigenvalue weighted by Crippen LogP contribution is -2.13. The first kappa shape index (κ1) is 39.3. The average Bonchev–Trinajstić information content (AvgIpc) is 4.07. The Labute approximate surface area is 402 Å². The maximum Gasteiger partial charge on any atom is 0.137 e. The largest absolute Gasteiger partial charge is 0.456 e. The van der Waals surface area contributed by atoms with Crippen LogP contribution in [0.1, 0.15) is 0 Å². The highest BCUT2D eigenvalue weighted by Gasteiger charge is 2.23. The van der Waals surface area contributed by atoms with Crippen molar-refractivity contribution >= 4 is 120 Å². The van der Waals surface area contributed by atoms with Crippen molar-refractivity contribution in [2.24, 2.45) is 0 Å². The molecular weight excluding hydrogens is 859 g/mol. The molecule has 0 aliphatic heterocycles. The Kier molecular flexibility index (Phi) is 9.04. The molecule has 3 heterocycles. The standard InChI is InChI=1S/C64H41N3OS/c1-4-18-46(19-5-1)65(47-20-6-2-7-21-47)51-34-45(44-28-31-53-58-36-42-16-10-11-17-43(42)37-60(58)67(59(53)38-44)48-22-8-3-9-23-48)35-52(39-51)66(49-29-32-55-54-24-12-14-26-61(54)68-62(55)40-49)50-30-33-57-56-25-13-15-27-63(56)69-64(57)41-50/h1-41H. The predicted molar refractivity (Wildman–Crippen MR) is 293 cm³/mol. The fourth-order valence-corrected chi connectivity index (χ4v) is 11.7. The molecule has 0 saturated carbocycles. The van der Waals surface area contributed by atoms with E-state index in [2.05, 4.69) is 257 Å². The lowest BCUT2D eigenvalue weighted by molar-refractivity contribution is 0.669. The number of rotatable bonds is 8. The van der Waals surface area contributed by atoms with E-state index in [-0.39, 0.29) is 0 Å². The third kappa shape index (κ3) is 6.58. The number of anilines is 6. The number of furan rings is 1. The van der Waals surface area contributed by atoms with Crippen molar-refractivity contribution < 1.29 is 4.42 Å². The third-order valence-corrected chi connectivity index (χ3v) is 14.8. The average molecular weight is 900 g/mol. The molecule has 0 aliphatic carbocycles. The van der Waals surface area contributed by atoms with Crippen molar-refractivity contribution in [1.29, 1.82) is 0 Å². The third-order valence-electron chi connectivity index (χ3n) is 13.7. The van der Waals surface area contributed by atoms with E-state index >= 15 is 0 Å². The molecule has 5 heteroatoms. The maximum absolute atomic E-state index is 6.60. The van der Waals surface area contributed by atoms with Gasteiger partial charge in [-0.25, -0.2) is 0 Å². The van der Waals surface area contributed by atoms with E-state index in [9.17, 15) is 0 Å². The second-order valence-corrected chi connectivity index (χ2v) is 18.8. The molecule has 0 N–H and O–H groups in total. The second kappa shape index (κ2) is 15.9. The van der Waals surface area contributed by atoms with Crippen LogP contribution in [0.25, 0.3) is 91.5 Å². The van der Waals surface area contributed by atoms with Crippen LogP contribution in [0.5, 0.6) is 0 Å². The van der Waals surface area contributed by atoms with E-state index in [0.717, 1.165) is 78.4 Å². The highest BCUT2D eigenvalue weighted by molar-refractivity contribution is 7.25. The zero-order valence-electron chi connectivity index (χ0n) is 37.3. The number of hydrogen-bond donors (Lipinski definition) is 0. The van der Waals surface area contributed by atoms with Crippen molar-refractivity contribution in [3.63, 3.8) is 0 Å². The number of hydrogen-bond acceptors (Lipinski definition) is 4. The van der Waals surface area contributed by atoms with Gasteiger partial charge in [0.2, 0.25) is 0 Å². The molecule has 14 aromatic rings. The molecule has 3 aromatic heterocycles. The van der Waals surface area contributed by atoms with E-state index in [1.54, 1.807) is 0 Å². The summed E-state index contributed by atoms with van der Waals surface area (Å²) in [5.41, 5.74) is 13.7. The summed E-state index contributed by atoms with van der Waals surface area (Å²) in [5, 5.41) is 9.65. The van der Waals surface area contributed by atoms with Crippen LogP contribution in [0.4, 0.5) is 34.1 Å². The number of thiophene rings is 1. The molecule has 0 saturated heterocycles. The van der Waals surface area contributed by atoms with Crippen LogP contribution in [0, 0.1) is 0 Å². The molecule has 0 bridgehead atoms. The van der Waals surface area contributed by atoms with E-state index in [1.165, 1.54) is 47.2 Å². The monoisotopic (exact) mass is 899 g/mol. The highest BCUT2D eigenvalue weighted by Crippen LogP contribution is 2.47. The minimum absolute atomic E-state index is 0.847. The van der Waals surface area contributed by atoms with Gasteiger partial charge in [-0.3, -0.25) is 0 Å². The van der Waals surface area contributed by atoms with Crippen molar-refractivity contribution in [3.05, 3.63) is 249 Å². The van der Waals surface area contributed by atoms with Gasteiger partial charge in [0.1, 0.15) is 11.2 Å². The normalized spacial score (nSPS) is 11.8. The van der Waals surface area contributed by atoms with Crippen LogP contribution in [-0.2, 0) is 0 Å². The van der Waals surface area contributed by atoms with Crippen LogP contribution in [-0.4, -0.2) is 4.57 Å². The van der Waals surface area contributed by atoms with Gasteiger partial charge in [-0.2, -0.15) is 0 Å². The molecular formula is C64H41N3OS. The summed E-state index contributed by atoms with van der Waals surface area (Å²) >= 11 is 1.84. The van der Waals surface area contributed by atoms with Gasteiger partial charge in [0.05, 0.1) is 11.0 Å². The highest BCUT2D eigenvalue weighted by atomic mass is 32.1. The Morgan fingerprint density at radius 1 is 0.304 bits per heavy atom. The Morgan fingerprint density at radius 3 is 1.61 bits per heavy atom. The fraction of sp³-hybridized carbons (Fsp3) is 0. The lowest BCUT2D eigenvalue weighted by Gasteiger charge is -2.30. The first-order valence-electron chi connectivity index (χ1n) is 23.4. The van der Waals surface area contributed by atoms with Gasteiger partial charge in [-0.05, 0) is 131 Å². The summed E-state index contributed by atoms with van der Waals surface area (Å²) in [4.78, 5) is 4.77. The molecule has 0 aliphatic rings. The van der Waals surface area contributed by atoms with Gasteiger partial charge < -0.3 is 18.8 Å². The number of benzene rings is 11. The smallest absolute Gasteiger partial charge is 0.137 e. The molecule has 4 nitrogen and oxygen atoms in total. The summed E-state index contributed by atoms with van der Waals surface area (Å²) in [5.74, 6) is 0. The van der Waals surface area contributed by atoms with Gasteiger partial charge >= 0.3 is 0 Å². The molecule has 0 spiro atoms. The Hall–Kier alpha value is -8.90. The number of para-hydroxylation sites is 4. The van der Waals surface area contributed by atoms with Crippen molar-refractivity contribution in [1.82, 2.24) is 4.57 Å². The zero-order valence-corrected chi connectivity index (χ0v) is 38.1. The van der Waals surface area contributed by atoms with Crippen LogP contribution in [0.3, 0.4) is 0 Å². The Balaban J connectivity index is 1.05. The van der Waals surface area contributed by atoms with Crippen LogP contribution < -0.4 is 9.80 Å². The van der Waals surface area contributed by atoms with Crippen molar-refractivity contribution in [2.45, 2.75) is 0 Å². The van der Waals surface area contributed by atoms with Gasteiger partial charge in [-0.1, -0.05) is 133 Å². The van der Waals surface area contributed by atoms with Gasteiger partial charge in [0.25, 0.3) is 0 Å². The quantitative estimate of drug-likeness (QED) is 0.152. The van der Waals surface area contributed by atoms with E-state index < -0.39 is 0 Å². The zero-order chi connectivity index (χ0) is 45.4. The SMILES string of the molecule is c1ccc(N(c2ccccc2)c2cc(-c3ccc4c5cc6ccccc6cc5n(-c5ccccc5)c4c3)cc(N(c3ccc4c(c3)oc3ccccc34)c3ccc4c(c3)sc3ccccc34)c2)cc1. The van der Waals surface area contributed by atoms with E-state index in [1.807, 2.05) is 17.4 Å². The first-order chi connectivity index (χ1) is 34.2. The van der Waals surface area contributed by atoms with Gasteiger partial charge in [0.15, 0.2) is 0 Å². The van der Waals surface area contributed by atoms with Crippen LogP contribution >= 0.6 is 11.3 Å². The molecule has 0 fully saturated rings. The van der Waals surface area contributed by atoms with E-state index in [0.29, 0.717) is 0 Å². The minimum atomic E-state index is 0.847. The van der Waals surface area contributed by atoms with Crippen LogP contribution in [0.15, 0.2) is 253 Å². The summed E-state index contributed by atoms with van der Waals surface area (Å²) < 4.78 is 11.5. The summed E-state index contributed by atoms with van der Waals surface area (Å²) in [6.07, 6.45) is 0. The van der Waals surface area contributed by atoms with Crippen molar-refractivity contribution in [3.8, 4) is 16.8 Å². The lowest BCUT2D eigenvalue weighted by atomic mass is 10.00. The molecule has 11 aromatic carbocycles. The number of nitrogens with zero attached hydrogens (tertiary/aromatic N) is 3. The van der Waals surface area contributed by atoms with Crippen molar-refractivity contribution in [2.75, 3.05) is 9.80 Å². The summed E-state index contributed by atoms with van der Waals surface area (Å²) in [7, 11) is 0. The molecule has 0 amide bonds. The molecule has 0 unspecified atom stereocenters.